The van der Waals surface area contributed by atoms with E-state index in [0.29, 0.717) is 0 Å². The summed E-state index contributed by atoms with van der Waals surface area (Å²) in [6.07, 6.45) is 1.11. The maximum atomic E-state index is 13.8. The molecule has 7 heteroatoms. The van der Waals surface area contributed by atoms with Crippen molar-refractivity contribution in [2.75, 3.05) is 16.3 Å². The molecule has 2 aromatic rings. The molecule has 0 fully saturated rings. The first-order chi connectivity index (χ1) is 10.7. The molecule has 0 aliphatic heterocycles. The lowest BCUT2D eigenvalue weighted by Crippen LogP contribution is -2.15. The molecule has 2 rings (SSSR count). The van der Waals surface area contributed by atoms with Gasteiger partial charge in [0.25, 0.3) is 0 Å². The van der Waals surface area contributed by atoms with Crippen LogP contribution in [-0.2, 0) is 21.2 Å². The van der Waals surface area contributed by atoms with E-state index in [0.717, 1.165) is 23.4 Å². The summed E-state index contributed by atoms with van der Waals surface area (Å²) in [7, 11) is -3.56. The molecule has 5 nitrogen and oxygen atoms in total. The van der Waals surface area contributed by atoms with E-state index in [4.69, 9.17) is 0 Å². The van der Waals surface area contributed by atoms with E-state index in [-0.39, 0.29) is 23.7 Å². The third-order valence-electron chi connectivity index (χ3n) is 3.16. The second-order valence-corrected chi connectivity index (χ2v) is 6.97. The normalized spacial score (nSPS) is 11.1. The van der Waals surface area contributed by atoms with Gasteiger partial charge >= 0.3 is 0 Å². The fourth-order valence-electron chi connectivity index (χ4n) is 2.06. The van der Waals surface area contributed by atoms with Crippen molar-refractivity contribution in [3.05, 3.63) is 59.4 Å². The number of sulfonamides is 1. The monoisotopic (exact) mass is 336 g/mol. The maximum Gasteiger partial charge on any atom is 0.229 e. The predicted molar refractivity (Wildman–Crippen MR) is 88.4 cm³/mol. The van der Waals surface area contributed by atoms with Crippen LogP contribution in [0.2, 0.25) is 0 Å². The van der Waals surface area contributed by atoms with Crippen molar-refractivity contribution in [3.63, 3.8) is 0 Å². The number of carbonyl (C=O) groups is 1. The van der Waals surface area contributed by atoms with Gasteiger partial charge in [-0.1, -0.05) is 24.3 Å². The maximum absolute atomic E-state index is 13.8. The highest BCUT2D eigenvalue weighted by molar-refractivity contribution is 7.92. The smallest absolute Gasteiger partial charge is 0.229 e. The number of hydrogen-bond acceptors (Lipinski definition) is 3. The van der Waals surface area contributed by atoms with E-state index in [1.165, 1.54) is 12.1 Å². The van der Waals surface area contributed by atoms with Crippen LogP contribution in [0.4, 0.5) is 15.8 Å². The molecule has 0 saturated carbocycles. The number of anilines is 2. The Morgan fingerprint density at radius 3 is 2.48 bits per heavy atom. The molecule has 2 aromatic carbocycles. The van der Waals surface area contributed by atoms with Gasteiger partial charge in [-0.2, -0.15) is 0 Å². The largest absolute Gasteiger partial charge is 0.326 e. The van der Waals surface area contributed by atoms with Gasteiger partial charge in [0, 0.05) is 5.69 Å². The van der Waals surface area contributed by atoms with Crippen LogP contribution in [0.25, 0.3) is 0 Å². The van der Waals surface area contributed by atoms with E-state index < -0.39 is 15.8 Å². The number of hydrogen-bond donors (Lipinski definition) is 2. The van der Waals surface area contributed by atoms with Crippen LogP contribution in [0, 0.1) is 12.7 Å². The molecule has 23 heavy (non-hydrogen) atoms. The SMILES string of the molecule is Cc1ccccc1CC(=O)Nc1ccc(NS(C)(=O)=O)c(F)c1. The van der Waals surface area contributed by atoms with Gasteiger partial charge in [-0.05, 0) is 36.2 Å². The van der Waals surface area contributed by atoms with Crippen molar-refractivity contribution in [3.8, 4) is 0 Å². The second-order valence-electron chi connectivity index (χ2n) is 5.22. The first kappa shape index (κ1) is 17.0. The summed E-state index contributed by atoms with van der Waals surface area (Å²) in [6, 6.07) is 11.3. The van der Waals surface area contributed by atoms with Crippen molar-refractivity contribution in [1.82, 2.24) is 0 Å². The summed E-state index contributed by atoms with van der Waals surface area (Å²) in [4.78, 5) is 12.0. The lowest BCUT2D eigenvalue weighted by molar-refractivity contribution is -0.115. The van der Waals surface area contributed by atoms with Gasteiger partial charge < -0.3 is 5.32 Å². The Balaban J connectivity index is 2.07. The summed E-state index contributed by atoms with van der Waals surface area (Å²) in [6.45, 7) is 1.91. The van der Waals surface area contributed by atoms with Gasteiger partial charge in [0.1, 0.15) is 5.82 Å². The molecule has 0 aliphatic rings. The van der Waals surface area contributed by atoms with Gasteiger partial charge in [0.05, 0.1) is 18.4 Å². The lowest BCUT2D eigenvalue weighted by atomic mass is 10.1. The Bertz CT molecular complexity index is 835. The molecule has 2 N–H and O–H groups in total. The Morgan fingerprint density at radius 1 is 1.17 bits per heavy atom. The minimum absolute atomic E-state index is 0.163. The molecule has 0 spiro atoms. The zero-order valence-electron chi connectivity index (χ0n) is 12.8. The molecule has 0 aliphatic carbocycles. The van der Waals surface area contributed by atoms with Gasteiger partial charge in [-0.25, -0.2) is 12.8 Å². The van der Waals surface area contributed by atoms with Crippen LogP contribution >= 0.6 is 0 Å². The number of rotatable bonds is 5. The van der Waals surface area contributed by atoms with Crippen molar-refractivity contribution in [1.29, 1.82) is 0 Å². The Labute approximate surface area is 134 Å². The minimum atomic E-state index is -3.56. The second kappa shape index (κ2) is 6.78. The van der Waals surface area contributed by atoms with Crippen molar-refractivity contribution < 1.29 is 17.6 Å². The Morgan fingerprint density at radius 2 is 1.87 bits per heavy atom. The fourth-order valence-corrected chi connectivity index (χ4v) is 2.63. The van der Waals surface area contributed by atoms with Crippen molar-refractivity contribution >= 4 is 27.3 Å². The minimum Gasteiger partial charge on any atom is -0.326 e. The molecule has 0 unspecified atom stereocenters. The first-order valence-corrected chi connectivity index (χ1v) is 8.75. The van der Waals surface area contributed by atoms with E-state index in [1.54, 1.807) is 0 Å². The fraction of sp³-hybridized carbons (Fsp3) is 0.188. The van der Waals surface area contributed by atoms with Crippen molar-refractivity contribution in [2.45, 2.75) is 13.3 Å². The quantitative estimate of drug-likeness (QED) is 0.881. The number of aryl methyl sites for hydroxylation is 1. The number of amides is 1. The molecule has 0 saturated heterocycles. The summed E-state index contributed by atoms with van der Waals surface area (Å²) >= 11 is 0. The highest BCUT2D eigenvalue weighted by Crippen LogP contribution is 2.20. The molecule has 0 bridgehead atoms. The van der Waals surface area contributed by atoms with Gasteiger partial charge in [0.2, 0.25) is 15.9 Å². The Hall–Kier alpha value is -2.41. The van der Waals surface area contributed by atoms with Crippen LogP contribution in [-0.4, -0.2) is 20.6 Å². The molecule has 0 radical (unpaired) electrons. The van der Waals surface area contributed by atoms with Crippen LogP contribution in [0.3, 0.4) is 0 Å². The zero-order chi connectivity index (χ0) is 17.0. The van der Waals surface area contributed by atoms with Crippen LogP contribution in [0.15, 0.2) is 42.5 Å². The first-order valence-electron chi connectivity index (χ1n) is 6.86. The zero-order valence-corrected chi connectivity index (χ0v) is 13.6. The molecule has 122 valence electrons. The lowest BCUT2D eigenvalue weighted by Gasteiger charge is -2.10. The van der Waals surface area contributed by atoms with Gasteiger partial charge in [0.15, 0.2) is 0 Å². The third kappa shape index (κ3) is 5.07. The third-order valence-corrected chi connectivity index (χ3v) is 3.75. The van der Waals surface area contributed by atoms with E-state index in [2.05, 4.69) is 10.0 Å². The van der Waals surface area contributed by atoms with E-state index >= 15 is 0 Å². The van der Waals surface area contributed by atoms with E-state index in [9.17, 15) is 17.6 Å². The van der Waals surface area contributed by atoms with Crippen molar-refractivity contribution in [2.24, 2.45) is 0 Å². The van der Waals surface area contributed by atoms with E-state index in [1.807, 2.05) is 31.2 Å². The summed E-state index contributed by atoms with van der Waals surface area (Å²) < 4.78 is 38.1. The average molecular weight is 336 g/mol. The molecule has 1 amide bonds. The van der Waals surface area contributed by atoms with Crippen LogP contribution in [0.1, 0.15) is 11.1 Å². The summed E-state index contributed by atoms with van der Waals surface area (Å²) in [5.41, 5.74) is 1.99. The topological polar surface area (TPSA) is 75.3 Å². The average Bonchev–Trinajstić information content (AvgIpc) is 2.43. The summed E-state index contributed by atoms with van der Waals surface area (Å²) in [5.74, 6) is -1.04. The number of nitrogens with one attached hydrogen (secondary N) is 2. The molecular weight excluding hydrogens is 319 g/mol. The number of halogens is 1. The predicted octanol–water partition coefficient (Wildman–Crippen LogP) is 2.69. The number of carbonyl (C=O) groups excluding carboxylic acids is 1. The van der Waals surface area contributed by atoms with Gasteiger partial charge in [-0.3, -0.25) is 9.52 Å². The van der Waals surface area contributed by atoms with Crippen LogP contribution < -0.4 is 10.0 Å². The highest BCUT2D eigenvalue weighted by Gasteiger charge is 2.10. The van der Waals surface area contributed by atoms with Gasteiger partial charge in [-0.15, -0.1) is 0 Å². The molecule has 0 atom stereocenters. The molecular formula is C16H17FN2O3S. The summed E-state index contributed by atoms with van der Waals surface area (Å²) in [5, 5.41) is 2.59. The Kier molecular flexibility index (Phi) is 5.00. The molecule has 0 heterocycles. The molecule has 0 aromatic heterocycles. The van der Waals surface area contributed by atoms with Crippen LogP contribution in [0.5, 0.6) is 0 Å². The highest BCUT2D eigenvalue weighted by atomic mass is 32.2. The standard InChI is InChI=1S/C16H17FN2O3S/c1-11-5-3-4-6-12(11)9-16(20)18-13-7-8-15(14(17)10-13)19-23(2,21)22/h3-8,10,19H,9H2,1-2H3,(H,18,20). The number of benzene rings is 2.